The third kappa shape index (κ3) is 4.51. The highest BCUT2D eigenvalue weighted by Crippen LogP contribution is 2.40. The van der Waals surface area contributed by atoms with E-state index < -0.39 is 6.04 Å². The largest absolute Gasteiger partial charge is 0.494 e. The summed E-state index contributed by atoms with van der Waals surface area (Å²) in [4.78, 5) is 29.0. The first-order chi connectivity index (χ1) is 17.3. The van der Waals surface area contributed by atoms with E-state index in [1.807, 2.05) is 37.3 Å². The van der Waals surface area contributed by atoms with E-state index in [-0.39, 0.29) is 29.5 Å². The second-order valence-corrected chi connectivity index (χ2v) is 9.74. The molecule has 1 atom stereocenters. The summed E-state index contributed by atoms with van der Waals surface area (Å²) in [5.74, 6) is 0.521. The average molecular weight is 486 g/mol. The van der Waals surface area contributed by atoms with Crippen molar-refractivity contribution in [3.63, 3.8) is 0 Å². The first kappa shape index (κ1) is 23.8. The van der Waals surface area contributed by atoms with E-state index in [1.54, 1.807) is 29.2 Å². The van der Waals surface area contributed by atoms with Crippen LogP contribution in [-0.2, 0) is 6.54 Å². The summed E-state index contributed by atoms with van der Waals surface area (Å²) in [6.45, 7) is 6.96. The third-order valence-electron chi connectivity index (χ3n) is 6.53. The van der Waals surface area contributed by atoms with Gasteiger partial charge in [0.05, 0.1) is 23.6 Å². The highest BCUT2D eigenvalue weighted by atomic mass is 19.1. The molecule has 1 aliphatic rings. The fourth-order valence-electron chi connectivity index (χ4n) is 4.62. The maximum Gasteiger partial charge on any atom is 0.291 e. The van der Waals surface area contributed by atoms with Crippen molar-refractivity contribution in [2.75, 3.05) is 6.61 Å². The van der Waals surface area contributed by atoms with Gasteiger partial charge in [-0.15, -0.1) is 0 Å². The summed E-state index contributed by atoms with van der Waals surface area (Å²) in [6, 6.07) is 18.2. The van der Waals surface area contributed by atoms with Crippen molar-refractivity contribution < 1.29 is 18.3 Å². The smallest absolute Gasteiger partial charge is 0.291 e. The number of ether oxygens (including phenoxy) is 1. The Morgan fingerprint density at radius 2 is 1.81 bits per heavy atom. The number of rotatable bonds is 7. The van der Waals surface area contributed by atoms with Crippen LogP contribution >= 0.6 is 0 Å². The molecule has 184 valence electrons. The minimum Gasteiger partial charge on any atom is -0.494 e. The lowest BCUT2D eigenvalue weighted by atomic mass is 9.97. The lowest BCUT2D eigenvalue weighted by molar-refractivity contribution is 0.0714. The Hall–Kier alpha value is -3.93. The van der Waals surface area contributed by atoms with E-state index in [0.717, 1.165) is 23.1 Å². The number of aryl methyl sites for hydroxylation is 1. The summed E-state index contributed by atoms with van der Waals surface area (Å²) in [6.07, 6.45) is 0.917. The van der Waals surface area contributed by atoms with Crippen LogP contribution in [0.15, 0.2) is 75.9 Å². The van der Waals surface area contributed by atoms with Crippen LogP contribution in [0.5, 0.6) is 5.75 Å². The summed E-state index contributed by atoms with van der Waals surface area (Å²) in [5, 5.41) is 0.444. The molecule has 1 unspecified atom stereocenters. The zero-order chi connectivity index (χ0) is 25.4. The maximum absolute atomic E-state index is 13.8. The molecule has 0 saturated heterocycles. The van der Waals surface area contributed by atoms with Crippen molar-refractivity contribution in [2.45, 2.75) is 39.8 Å². The third-order valence-corrected chi connectivity index (χ3v) is 6.53. The number of amides is 1. The van der Waals surface area contributed by atoms with Gasteiger partial charge in [0.1, 0.15) is 17.1 Å². The molecular weight excluding hydrogens is 457 g/mol. The van der Waals surface area contributed by atoms with Crippen LogP contribution < -0.4 is 10.2 Å². The van der Waals surface area contributed by atoms with Gasteiger partial charge in [-0.25, -0.2) is 4.39 Å². The van der Waals surface area contributed by atoms with Crippen LogP contribution in [-0.4, -0.2) is 17.4 Å². The second kappa shape index (κ2) is 9.61. The Morgan fingerprint density at radius 1 is 1.03 bits per heavy atom. The Bertz CT molecular complexity index is 1490. The fourth-order valence-corrected chi connectivity index (χ4v) is 4.62. The lowest BCUT2D eigenvalue weighted by Gasteiger charge is -2.25. The maximum atomic E-state index is 13.8. The van der Waals surface area contributed by atoms with Gasteiger partial charge < -0.3 is 14.1 Å². The zero-order valence-electron chi connectivity index (χ0n) is 20.6. The van der Waals surface area contributed by atoms with Crippen LogP contribution in [0.3, 0.4) is 0 Å². The van der Waals surface area contributed by atoms with Crippen molar-refractivity contribution >= 4 is 16.9 Å². The predicted molar refractivity (Wildman–Crippen MR) is 137 cm³/mol. The van der Waals surface area contributed by atoms with Crippen LogP contribution in [0.2, 0.25) is 0 Å². The van der Waals surface area contributed by atoms with Gasteiger partial charge >= 0.3 is 0 Å². The summed E-state index contributed by atoms with van der Waals surface area (Å²) in [5.41, 5.74) is 2.91. The molecule has 36 heavy (non-hydrogen) atoms. The molecule has 0 radical (unpaired) electrons. The van der Waals surface area contributed by atoms with E-state index in [2.05, 4.69) is 13.8 Å². The van der Waals surface area contributed by atoms with Crippen molar-refractivity contribution in [3.8, 4) is 5.75 Å². The molecule has 1 amide bonds. The monoisotopic (exact) mass is 485 g/mol. The Balaban J connectivity index is 1.62. The molecule has 5 nitrogen and oxygen atoms in total. The second-order valence-electron chi connectivity index (χ2n) is 9.74. The molecule has 0 fully saturated rings. The Kier molecular flexibility index (Phi) is 6.35. The highest BCUT2D eigenvalue weighted by molar-refractivity contribution is 5.99. The molecule has 1 aliphatic heterocycles. The normalized spacial score (nSPS) is 15.1. The molecule has 0 saturated carbocycles. The number of hydrogen-bond acceptors (Lipinski definition) is 4. The van der Waals surface area contributed by atoms with E-state index >= 15 is 0 Å². The number of fused-ring (bicyclic) bond motifs is 2. The molecule has 5 rings (SSSR count). The SMILES string of the molecule is Cc1ccc2oc3c(c(=O)c2c1)C(c1cccc(OCCC(C)C)c1)N(Cc1ccc(F)cc1)C3=O. The van der Waals surface area contributed by atoms with Gasteiger partial charge in [0, 0.05) is 6.54 Å². The van der Waals surface area contributed by atoms with Gasteiger partial charge in [-0.2, -0.15) is 0 Å². The average Bonchev–Trinajstić information content (AvgIpc) is 3.13. The molecule has 2 heterocycles. The van der Waals surface area contributed by atoms with Gasteiger partial charge in [0.15, 0.2) is 5.43 Å². The van der Waals surface area contributed by atoms with Gasteiger partial charge in [-0.1, -0.05) is 49.7 Å². The quantitative estimate of drug-likeness (QED) is 0.303. The minimum atomic E-state index is -0.660. The van der Waals surface area contributed by atoms with Crippen molar-refractivity contribution in [1.82, 2.24) is 4.90 Å². The lowest BCUT2D eigenvalue weighted by Crippen LogP contribution is -2.29. The molecule has 0 bridgehead atoms. The van der Waals surface area contributed by atoms with Gasteiger partial charge in [-0.3, -0.25) is 9.59 Å². The fraction of sp³-hybridized carbons (Fsp3) is 0.267. The Labute approximate surface area is 209 Å². The number of nitrogens with zero attached hydrogens (tertiary/aromatic N) is 1. The molecule has 0 spiro atoms. The minimum absolute atomic E-state index is 0.0505. The van der Waals surface area contributed by atoms with Crippen LogP contribution in [0.25, 0.3) is 11.0 Å². The first-order valence-corrected chi connectivity index (χ1v) is 12.2. The standard InChI is InChI=1S/C30H28FNO4/c1-18(2)13-14-35-23-6-4-5-21(16-23)27-26-28(33)24-15-19(3)7-12-25(24)36-29(26)30(34)32(27)17-20-8-10-22(31)11-9-20/h4-12,15-16,18,27H,13-14,17H2,1-3H3. The molecule has 6 heteroatoms. The van der Waals surface area contributed by atoms with E-state index in [4.69, 9.17) is 9.15 Å². The number of hydrogen-bond donors (Lipinski definition) is 0. The van der Waals surface area contributed by atoms with Crippen LogP contribution in [0.1, 0.15) is 59.1 Å². The molecule has 3 aromatic carbocycles. The molecule has 0 N–H and O–H groups in total. The Morgan fingerprint density at radius 3 is 2.56 bits per heavy atom. The molecule has 0 aliphatic carbocycles. The van der Waals surface area contributed by atoms with Gasteiger partial charge in [0.2, 0.25) is 5.76 Å². The first-order valence-electron chi connectivity index (χ1n) is 12.2. The van der Waals surface area contributed by atoms with Crippen LogP contribution in [0.4, 0.5) is 4.39 Å². The topological polar surface area (TPSA) is 59.8 Å². The number of carbonyl (C=O) groups excluding carboxylic acids is 1. The van der Waals surface area contributed by atoms with E-state index in [0.29, 0.717) is 34.8 Å². The highest BCUT2D eigenvalue weighted by Gasteiger charge is 2.42. The summed E-state index contributed by atoms with van der Waals surface area (Å²) < 4.78 is 25.5. The summed E-state index contributed by atoms with van der Waals surface area (Å²) >= 11 is 0. The summed E-state index contributed by atoms with van der Waals surface area (Å²) in [7, 11) is 0. The predicted octanol–water partition coefficient (Wildman–Crippen LogP) is 6.41. The number of benzene rings is 3. The van der Waals surface area contributed by atoms with Crippen LogP contribution in [0, 0.1) is 18.7 Å². The van der Waals surface area contributed by atoms with Gasteiger partial charge in [0.25, 0.3) is 5.91 Å². The van der Waals surface area contributed by atoms with Crippen molar-refractivity contribution in [2.24, 2.45) is 5.92 Å². The van der Waals surface area contributed by atoms with E-state index in [1.165, 1.54) is 12.1 Å². The van der Waals surface area contributed by atoms with Gasteiger partial charge in [-0.05, 0) is 66.8 Å². The zero-order valence-corrected chi connectivity index (χ0v) is 20.6. The molecule has 4 aromatic rings. The number of halogens is 1. The van der Waals surface area contributed by atoms with E-state index in [9.17, 15) is 14.0 Å². The molecule has 1 aromatic heterocycles. The van der Waals surface area contributed by atoms with Crippen molar-refractivity contribution in [1.29, 1.82) is 0 Å². The van der Waals surface area contributed by atoms with Crippen molar-refractivity contribution in [3.05, 3.63) is 111 Å². The molecular formula is C30H28FNO4. The number of carbonyl (C=O) groups is 1.